The minimum atomic E-state index is 0.0576. The SMILES string of the molecule is COC1=C[C@@H]2c3ccccc3N(C(C)=O)[C@@H]2[C@H]1c1ccccc1. The first-order chi connectivity index (χ1) is 11.2. The summed E-state index contributed by atoms with van der Waals surface area (Å²) in [6, 6.07) is 18.6. The molecule has 2 aromatic carbocycles. The zero-order valence-corrected chi connectivity index (χ0v) is 13.3. The molecule has 3 nitrogen and oxygen atoms in total. The lowest BCUT2D eigenvalue weighted by molar-refractivity contribution is -0.117. The zero-order chi connectivity index (χ0) is 16.0. The molecule has 0 fully saturated rings. The molecule has 0 aromatic heterocycles. The minimum Gasteiger partial charge on any atom is -0.501 e. The van der Waals surface area contributed by atoms with E-state index in [1.54, 1.807) is 14.0 Å². The summed E-state index contributed by atoms with van der Waals surface area (Å²) in [6.45, 7) is 1.64. The van der Waals surface area contributed by atoms with Crippen LogP contribution in [0.5, 0.6) is 0 Å². The van der Waals surface area contributed by atoms with Gasteiger partial charge in [-0.3, -0.25) is 4.79 Å². The fourth-order valence-corrected chi connectivity index (χ4v) is 4.08. The van der Waals surface area contributed by atoms with Crippen LogP contribution in [0.4, 0.5) is 5.69 Å². The van der Waals surface area contributed by atoms with E-state index in [2.05, 4.69) is 24.3 Å². The van der Waals surface area contributed by atoms with Crippen molar-refractivity contribution >= 4 is 11.6 Å². The smallest absolute Gasteiger partial charge is 0.224 e. The summed E-state index contributed by atoms with van der Waals surface area (Å²) in [5.74, 6) is 1.29. The maximum Gasteiger partial charge on any atom is 0.224 e. The van der Waals surface area contributed by atoms with Crippen LogP contribution in [-0.4, -0.2) is 19.1 Å². The molecule has 0 saturated carbocycles. The van der Waals surface area contributed by atoms with Gasteiger partial charge in [0.05, 0.1) is 19.1 Å². The molecule has 0 bridgehead atoms. The molecule has 0 unspecified atom stereocenters. The van der Waals surface area contributed by atoms with Crippen LogP contribution in [-0.2, 0) is 9.53 Å². The molecule has 0 saturated heterocycles. The minimum absolute atomic E-state index is 0.0576. The summed E-state index contributed by atoms with van der Waals surface area (Å²) >= 11 is 0. The summed E-state index contributed by atoms with van der Waals surface area (Å²) in [6.07, 6.45) is 2.18. The van der Waals surface area contributed by atoms with E-state index < -0.39 is 0 Å². The number of benzene rings is 2. The predicted octanol–water partition coefficient (Wildman–Crippen LogP) is 3.83. The second-order valence-electron chi connectivity index (χ2n) is 6.13. The van der Waals surface area contributed by atoms with Gasteiger partial charge in [0, 0.05) is 18.5 Å². The molecule has 116 valence electrons. The lowest BCUT2D eigenvalue weighted by Gasteiger charge is -2.30. The number of amides is 1. The maximum absolute atomic E-state index is 12.4. The molecule has 0 spiro atoms. The van der Waals surface area contributed by atoms with Crippen molar-refractivity contribution in [2.75, 3.05) is 12.0 Å². The first-order valence-corrected chi connectivity index (χ1v) is 7.91. The first-order valence-electron chi connectivity index (χ1n) is 7.91. The third-order valence-corrected chi connectivity index (χ3v) is 4.95. The largest absolute Gasteiger partial charge is 0.501 e. The molecule has 2 aromatic rings. The van der Waals surface area contributed by atoms with Crippen LogP contribution in [0.2, 0.25) is 0 Å². The van der Waals surface area contributed by atoms with Gasteiger partial charge in [-0.2, -0.15) is 0 Å². The van der Waals surface area contributed by atoms with Gasteiger partial charge in [0.15, 0.2) is 0 Å². The fraction of sp³-hybridized carbons (Fsp3) is 0.250. The second kappa shape index (κ2) is 5.27. The average molecular weight is 305 g/mol. The number of nitrogens with zero attached hydrogens (tertiary/aromatic N) is 1. The third kappa shape index (κ3) is 2.00. The molecule has 0 radical (unpaired) electrons. The Kier molecular flexibility index (Phi) is 3.22. The van der Waals surface area contributed by atoms with E-state index in [-0.39, 0.29) is 23.8 Å². The van der Waals surface area contributed by atoms with E-state index >= 15 is 0 Å². The summed E-state index contributed by atoms with van der Waals surface area (Å²) in [4.78, 5) is 14.3. The van der Waals surface area contributed by atoms with Gasteiger partial charge in [0.2, 0.25) is 5.91 Å². The monoisotopic (exact) mass is 305 g/mol. The van der Waals surface area contributed by atoms with E-state index in [9.17, 15) is 4.79 Å². The number of carbonyl (C=O) groups is 1. The Morgan fingerprint density at radius 2 is 1.74 bits per heavy atom. The van der Waals surface area contributed by atoms with Gasteiger partial charge in [-0.25, -0.2) is 0 Å². The Morgan fingerprint density at radius 1 is 1.04 bits per heavy atom. The van der Waals surface area contributed by atoms with E-state index in [1.807, 2.05) is 41.3 Å². The van der Waals surface area contributed by atoms with Crippen molar-refractivity contribution in [3.63, 3.8) is 0 Å². The highest BCUT2D eigenvalue weighted by molar-refractivity contribution is 5.96. The topological polar surface area (TPSA) is 29.5 Å². The Labute approximate surface area is 136 Å². The zero-order valence-electron chi connectivity index (χ0n) is 13.3. The molecule has 3 atom stereocenters. The molecule has 1 amide bonds. The lowest BCUT2D eigenvalue weighted by atomic mass is 9.88. The van der Waals surface area contributed by atoms with Crippen molar-refractivity contribution in [1.29, 1.82) is 0 Å². The van der Waals surface area contributed by atoms with Gasteiger partial charge in [-0.15, -0.1) is 0 Å². The van der Waals surface area contributed by atoms with Crippen molar-refractivity contribution in [2.45, 2.75) is 24.8 Å². The van der Waals surface area contributed by atoms with E-state index in [0.717, 1.165) is 11.4 Å². The predicted molar refractivity (Wildman–Crippen MR) is 90.4 cm³/mol. The van der Waals surface area contributed by atoms with Crippen LogP contribution in [0, 0.1) is 0 Å². The highest BCUT2D eigenvalue weighted by Crippen LogP contribution is 2.53. The van der Waals surface area contributed by atoms with Gasteiger partial charge in [-0.1, -0.05) is 48.5 Å². The maximum atomic E-state index is 12.4. The molecule has 4 rings (SSSR count). The number of hydrogen-bond donors (Lipinski definition) is 0. The Bertz CT molecular complexity index is 781. The summed E-state index contributed by atoms with van der Waals surface area (Å²) < 4.78 is 5.68. The highest BCUT2D eigenvalue weighted by atomic mass is 16.5. The van der Waals surface area contributed by atoms with Crippen LogP contribution in [0.3, 0.4) is 0 Å². The molecule has 1 aliphatic heterocycles. The molecular formula is C20H19NO2. The number of methoxy groups -OCH3 is 1. The third-order valence-electron chi connectivity index (χ3n) is 4.95. The van der Waals surface area contributed by atoms with Gasteiger partial charge >= 0.3 is 0 Å². The normalized spacial score (nSPS) is 24.9. The van der Waals surface area contributed by atoms with E-state index in [4.69, 9.17) is 4.74 Å². The first kappa shape index (κ1) is 14.1. The lowest BCUT2D eigenvalue weighted by Crippen LogP contribution is -2.40. The van der Waals surface area contributed by atoms with Crippen LogP contribution in [0.25, 0.3) is 0 Å². The number of para-hydroxylation sites is 1. The quantitative estimate of drug-likeness (QED) is 0.844. The van der Waals surface area contributed by atoms with Gasteiger partial charge < -0.3 is 9.64 Å². The molecule has 1 heterocycles. The van der Waals surface area contributed by atoms with E-state index in [1.165, 1.54) is 11.1 Å². The Balaban J connectivity index is 1.88. The van der Waals surface area contributed by atoms with Gasteiger partial charge in [0.1, 0.15) is 5.76 Å². The standard InChI is InChI=1S/C20H19NO2/c1-13(22)21-17-11-7-6-10-15(17)16-12-18(23-2)19(20(16)21)14-8-4-3-5-9-14/h3-12,16,19-20H,1-2H3/t16-,19+,20+/m1/s1. The Morgan fingerprint density at radius 3 is 2.43 bits per heavy atom. The molecular weight excluding hydrogens is 286 g/mol. The van der Waals surface area contributed by atoms with Crippen molar-refractivity contribution in [1.82, 2.24) is 0 Å². The van der Waals surface area contributed by atoms with Crippen molar-refractivity contribution in [2.24, 2.45) is 0 Å². The Hall–Kier alpha value is -2.55. The van der Waals surface area contributed by atoms with Crippen LogP contribution >= 0.6 is 0 Å². The van der Waals surface area contributed by atoms with Gasteiger partial charge in [-0.05, 0) is 23.3 Å². The summed E-state index contributed by atoms with van der Waals surface area (Å²) in [7, 11) is 1.72. The number of anilines is 1. The highest BCUT2D eigenvalue weighted by Gasteiger charge is 2.50. The number of hydrogen-bond acceptors (Lipinski definition) is 2. The van der Waals surface area contributed by atoms with E-state index in [0.29, 0.717) is 0 Å². The second-order valence-corrected chi connectivity index (χ2v) is 6.13. The summed E-state index contributed by atoms with van der Waals surface area (Å²) in [5, 5.41) is 0. The summed E-state index contributed by atoms with van der Waals surface area (Å²) in [5.41, 5.74) is 3.43. The fourth-order valence-electron chi connectivity index (χ4n) is 4.08. The molecule has 23 heavy (non-hydrogen) atoms. The molecule has 2 aliphatic rings. The van der Waals surface area contributed by atoms with Crippen molar-refractivity contribution < 1.29 is 9.53 Å². The number of rotatable bonds is 2. The number of fused-ring (bicyclic) bond motifs is 3. The number of carbonyl (C=O) groups excluding carboxylic acids is 1. The van der Waals surface area contributed by atoms with Crippen LogP contribution in [0.15, 0.2) is 66.4 Å². The average Bonchev–Trinajstić information content (AvgIpc) is 3.09. The van der Waals surface area contributed by atoms with Gasteiger partial charge in [0.25, 0.3) is 0 Å². The van der Waals surface area contributed by atoms with Crippen LogP contribution < -0.4 is 4.90 Å². The van der Waals surface area contributed by atoms with Crippen molar-refractivity contribution in [3.05, 3.63) is 77.6 Å². The molecule has 3 heteroatoms. The van der Waals surface area contributed by atoms with Crippen molar-refractivity contribution in [3.8, 4) is 0 Å². The molecule has 1 aliphatic carbocycles. The number of ether oxygens (including phenoxy) is 1. The molecule has 0 N–H and O–H groups in total. The van der Waals surface area contributed by atoms with Crippen LogP contribution in [0.1, 0.15) is 29.9 Å².